The lowest BCUT2D eigenvalue weighted by Crippen LogP contribution is -2.32. The minimum Gasteiger partial charge on any atom is -0.496 e. The summed E-state index contributed by atoms with van der Waals surface area (Å²) >= 11 is 6.05. The number of ether oxygens (including phenoxy) is 1. The number of benzene rings is 2. The van der Waals surface area contributed by atoms with Crippen LogP contribution in [0.4, 0.5) is 0 Å². The lowest BCUT2D eigenvalue weighted by Gasteiger charge is -2.18. The number of carbonyl (C=O) groups excluding carboxylic acids is 1. The first-order valence-corrected chi connectivity index (χ1v) is 8.32. The number of carbonyl (C=O) groups is 1. The average molecular weight is 359 g/mol. The molecule has 1 amide bonds. The second-order valence-electron chi connectivity index (χ2n) is 5.86. The summed E-state index contributed by atoms with van der Waals surface area (Å²) < 4.78 is 5.33. The van der Waals surface area contributed by atoms with Gasteiger partial charge in [-0.3, -0.25) is 4.79 Å². The summed E-state index contributed by atoms with van der Waals surface area (Å²) in [6.45, 7) is 0.373. The van der Waals surface area contributed by atoms with Crippen LogP contribution in [0.2, 0.25) is 5.02 Å². The SMILES string of the molecule is COc1ccc(Cl)cc1CN(C)C(=O)C1=NOC(c2ccccc2)C1. The first-order chi connectivity index (χ1) is 12.1. The molecule has 0 saturated heterocycles. The Kier molecular flexibility index (Phi) is 5.24. The summed E-state index contributed by atoms with van der Waals surface area (Å²) in [5.41, 5.74) is 2.26. The Hall–Kier alpha value is -2.53. The molecular weight excluding hydrogens is 340 g/mol. The molecule has 2 aromatic carbocycles. The summed E-state index contributed by atoms with van der Waals surface area (Å²) in [4.78, 5) is 19.7. The van der Waals surface area contributed by atoms with Gasteiger partial charge in [0.1, 0.15) is 11.5 Å². The summed E-state index contributed by atoms with van der Waals surface area (Å²) in [6.07, 6.45) is 0.245. The summed E-state index contributed by atoms with van der Waals surface area (Å²) in [5.74, 6) is 0.524. The molecule has 0 spiro atoms. The van der Waals surface area contributed by atoms with Crippen molar-refractivity contribution in [2.24, 2.45) is 5.16 Å². The number of hydrogen-bond acceptors (Lipinski definition) is 4. The molecule has 0 bridgehead atoms. The summed E-state index contributed by atoms with van der Waals surface area (Å²) in [7, 11) is 3.31. The van der Waals surface area contributed by atoms with E-state index in [4.69, 9.17) is 21.2 Å². The van der Waals surface area contributed by atoms with Crippen molar-refractivity contribution in [2.45, 2.75) is 19.1 Å². The third-order valence-corrected chi connectivity index (χ3v) is 4.32. The quantitative estimate of drug-likeness (QED) is 0.816. The molecule has 0 aliphatic carbocycles. The van der Waals surface area contributed by atoms with Crippen LogP contribution in [0, 0.1) is 0 Å². The van der Waals surface area contributed by atoms with Crippen LogP contribution in [-0.4, -0.2) is 30.7 Å². The van der Waals surface area contributed by atoms with E-state index in [-0.39, 0.29) is 12.0 Å². The van der Waals surface area contributed by atoms with Crippen molar-refractivity contribution in [1.29, 1.82) is 0 Å². The van der Waals surface area contributed by atoms with Crippen molar-refractivity contribution in [1.82, 2.24) is 4.90 Å². The second-order valence-corrected chi connectivity index (χ2v) is 6.30. The van der Waals surface area contributed by atoms with Gasteiger partial charge < -0.3 is 14.5 Å². The van der Waals surface area contributed by atoms with Gasteiger partial charge in [-0.2, -0.15) is 0 Å². The van der Waals surface area contributed by atoms with Crippen LogP contribution in [-0.2, 0) is 16.2 Å². The number of nitrogens with zero attached hydrogens (tertiary/aromatic N) is 2. The van der Waals surface area contributed by atoms with Gasteiger partial charge in [-0.05, 0) is 23.8 Å². The Morgan fingerprint density at radius 1 is 1.32 bits per heavy atom. The third-order valence-electron chi connectivity index (χ3n) is 4.08. The van der Waals surface area contributed by atoms with Gasteiger partial charge in [0.15, 0.2) is 6.10 Å². The van der Waals surface area contributed by atoms with Crippen molar-refractivity contribution in [3.8, 4) is 5.75 Å². The van der Waals surface area contributed by atoms with Gasteiger partial charge in [-0.15, -0.1) is 0 Å². The van der Waals surface area contributed by atoms with Crippen LogP contribution in [0.5, 0.6) is 5.75 Å². The number of amides is 1. The molecule has 1 aliphatic rings. The lowest BCUT2D eigenvalue weighted by atomic mass is 10.0. The zero-order valence-corrected chi connectivity index (χ0v) is 14.9. The smallest absolute Gasteiger partial charge is 0.271 e. The Morgan fingerprint density at radius 2 is 2.08 bits per heavy atom. The number of rotatable bonds is 5. The summed E-state index contributed by atoms with van der Waals surface area (Å²) in [5, 5.41) is 4.58. The maximum atomic E-state index is 12.7. The standard InChI is InChI=1S/C19H19ClN2O3/c1-22(12-14-10-15(20)8-9-17(14)24-2)19(23)16-11-18(25-21-16)13-6-4-3-5-7-13/h3-10,18H,11-12H2,1-2H3. The van der Waals surface area contributed by atoms with E-state index in [0.717, 1.165) is 11.1 Å². The van der Waals surface area contributed by atoms with E-state index >= 15 is 0 Å². The van der Waals surface area contributed by atoms with Crippen molar-refractivity contribution >= 4 is 23.2 Å². The molecule has 0 saturated carbocycles. The molecule has 0 aromatic heterocycles. The molecule has 6 heteroatoms. The van der Waals surface area contributed by atoms with Crippen LogP contribution < -0.4 is 4.74 Å². The van der Waals surface area contributed by atoms with E-state index in [2.05, 4.69) is 5.16 Å². The molecule has 1 atom stereocenters. The minimum absolute atomic E-state index is 0.166. The van der Waals surface area contributed by atoms with E-state index in [0.29, 0.717) is 29.4 Å². The molecule has 2 aromatic rings. The first kappa shape index (κ1) is 17.3. The van der Waals surface area contributed by atoms with Gasteiger partial charge in [-0.25, -0.2) is 0 Å². The maximum Gasteiger partial charge on any atom is 0.271 e. The van der Waals surface area contributed by atoms with Crippen molar-refractivity contribution < 1.29 is 14.4 Å². The van der Waals surface area contributed by atoms with Crippen LogP contribution in [0.15, 0.2) is 53.7 Å². The summed E-state index contributed by atoms with van der Waals surface area (Å²) in [6, 6.07) is 15.1. The molecule has 0 radical (unpaired) electrons. The van der Waals surface area contributed by atoms with Crippen LogP contribution >= 0.6 is 11.6 Å². The topological polar surface area (TPSA) is 51.1 Å². The predicted octanol–water partition coefficient (Wildman–Crippen LogP) is 3.82. The van der Waals surface area contributed by atoms with Crippen LogP contribution in [0.3, 0.4) is 0 Å². The van der Waals surface area contributed by atoms with E-state index in [1.54, 1.807) is 37.3 Å². The van der Waals surface area contributed by atoms with E-state index in [1.165, 1.54) is 0 Å². The van der Waals surface area contributed by atoms with Gasteiger partial charge in [-0.1, -0.05) is 47.1 Å². The Labute approximate surface area is 151 Å². The highest BCUT2D eigenvalue weighted by Gasteiger charge is 2.29. The van der Waals surface area contributed by atoms with Gasteiger partial charge in [0, 0.05) is 30.6 Å². The minimum atomic E-state index is -0.214. The van der Waals surface area contributed by atoms with Crippen LogP contribution in [0.1, 0.15) is 23.7 Å². The molecule has 3 rings (SSSR count). The largest absolute Gasteiger partial charge is 0.496 e. The molecule has 1 aliphatic heterocycles. The molecule has 1 unspecified atom stereocenters. The fraction of sp³-hybridized carbons (Fsp3) is 0.263. The van der Waals surface area contributed by atoms with Crippen LogP contribution in [0.25, 0.3) is 0 Å². The molecule has 1 heterocycles. The normalized spacial score (nSPS) is 16.1. The Morgan fingerprint density at radius 3 is 2.80 bits per heavy atom. The van der Waals surface area contributed by atoms with Crippen molar-refractivity contribution in [3.05, 3.63) is 64.7 Å². The Bertz CT molecular complexity index is 793. The first-order valence-electron chi connectivity index (χ1n) is 7.94. The number of oxime groups is 1. The van der Waals surface area contributed by atoms with E-state index < -0.39 is 0 Å². The molecule has 25 heavy (non-hydrogen) atoms. The highest BCUT2D eigenvalue weighted by Crippen LogP contribution is 2.28. The number of hydrogen-bond donors (Lipinski definition) is 0. The molecule has 0 N–H and O–H groups in total. The molecule has 5 nitrogen and oxygen atoms in total. The molecular formula is C19H19ClN2O3. The third kappa shape index (κ3) is 3.94. The monoisotopic (exact) mass is 358 g/mol. The fourth-order valence-electron chi connectivity index (χ4n) is 2.77. The van der Waals surface area contributed by atoms with Crippen molar-refractivity contribution in [3.63, 3.8) is 0 Å². The van der Waals surface area contributed by atoms with Crippen molar-refractivity contribution in [2.75, 3.05) is 14.2 Å². The number of halogens is 1. The molecule has 130 valence electrons. The zero-order valence-electron chi connectivity index (χ0n) is 14.1. The predicted molar refractivity (Wildman–Crippen MR) is 96.8 cm³/mol. The van der Waals surface area contributed by atoms with Gasteiger partial charge in [0.25, 0.3) is 5.91 Å². The van der Waals surface area contributed by atoms with E-state index in [9.17, 15) is 4.79 Å². The number of methoxy groups -OCH3 is 1. The maximum absolute atomic E-state index is 12.7. The Balaban J connectivity index is 1.67. The van der Waals surface area contributed by atoms with Gasteiger partial charge in [0.05, 0.1) is 7.11 Å². The average Bonchev–Trinajstić information content (AvgIpc) is 3.12. The van der Waals surface area contributed by atoms with Gasteiger partial charge >= 0.3 is 0 Å². The molecule has 0 fully saturated rings. The van der Waals surface area contributed by atoms with Gasteiger partial charge in [0.2, 0.25) is 0 Å². The zero-order chi connectivity index (χ0) is 17.8. The highest BCUT2D eigenvalue weighted by atomic mass is 35.5. The lowest BCUT2D eigenvalue weighted by molar-refractivity contribution is -0.123. The fourth-order valence-corrected chi connectivity index (χ4v) is 2.96. The highest BCUT2D eigenvalue weighted by molar-refractivity contribution is 6.39. The van der Waals surface area contributed by atoms with E-state index in [1.807, 2.05) is 30.3 Å². The second kappa shape index (κ2) is 7.57.